The van der Waals surface area contributed by atoms with Gasteiger partial charge in [0.1, 0.15) is 0 Å². The van der Waals surface area contributed by atoms with Crippen molar-refractivity contribution >= 4 is 17.3 Å². The van der Waals surface area contributed by atoms with Gasteiger partial charge in [0.2, 0.25) is 0 Å². The molecule has 14 heavy (non-hydrogen) atoms. The van der Waals surface area contributed by atoms with E-state index in [1.165, 1.54) is 5.57 Å². The van der Waals surface area contributed by atoms with Gasteiger partial charge in [-0.05, 0) is 32.4 Å². The number of anilines is 1. The Morgan fingerprint density at radius 1 is 1.21 bits per heavy atom. The van der Waals surface area contributed by atoms with Crippen molar-refractivity contribution in [1.82, 2.24) is 0 Å². The number of para-hydroxylation sites is 1. The van der Waals surface area contributed by atoms with E-state index in [0.29, 0.717) is 0 Å². The molecule has 1 nitrogen and oxygen atoms in total. The van der Waals surface area contributed by atoms with Crippen molar-refractivity contribution < 1.29 is 0 Å². The summed E-state index contributed by atoms with van der Waals surface area (Å²) in [5.74, 6) is 0. The SMILES string of the molecule is CC1=C(C)C(C)(Cl)c2ccccc2N1. The summed E-state index contributed by atoms with van der Waals surface area (Å²) in [5.41, 5.74) is 4.62. The quantitative estimate of drug-likeness (QED) is 0.637. The first-order chi connectivity index (χ1) is 6.53. The maximum atomic E-state index is 6.55. The highest BCUT2D eigenvalue weighted by Crippen LogP contribution is 2.44. The van der Waals surface area contributed by atoms with Gasteiger partial charge >= 0.3 is 0 Å². The van der Waals surface area contributed by atoms with E-state index in [1.54, 1.807) is 0 Å². The molecule has 1 aromatic carbocycles. The zero-order chi connectivity index (χ0) is 10.3. The number of rotatable bonds is 0. The van der Waals surface area contributed by atoms with Crippen molar-refractivity contribution in [3.05, 3.63) is 41.1 Å². The van der Waals surface area contributed by atoms with Crippen LogP contribution in [0.2, 0.25) is 0 Å². The second kappa shape index (κ2) is 3.03. The van der Waals surface area contributed by atoms with Gasteiger partial charge in [-0.1, -0.05) is 18.2 Å². The lowest BCUT2D eigenvalue weighted by atomic mass is 9.87. The van der Waals surface area contributed by atoms with Crippen molar-refractivity contribution in [2.75, 3.05) is 5.32 Å². The molecule has 1 aliphatic heterocycles. The predicted octanol–water partition coefficient (Wildman–Crippen LogP) is 3.86. The van der Waals surface area contributed by atoms with E-state index < -0.39 is 0 Å². The molecule has 0 spiro atoms. The third-order valence-corrected chi connectivity index (χ3v) is 3.51. The smallest absolute Gasteiger partial charge is 0.0912 e. The van der Waals surface area contributed by atoms with Gasteiger partial charge in [0.15, 0.2) is 0 Å². The lowest BCUT2D eigenvalue weighted by Gasteiger charge is -2.33. The minimum Gasteiger partial charge on any atom is -0.359 e. The van der Waals surface area contributed by atoms with Gasteiger partial charge in [-0.25, -0.2) is 0 Å². The molecule has 0 saturated heterocycles. The summed E-state index contributed by atoms with van der Waals surface area (Å²) in [7, 11) is 0. The summed E-state index contributed by atoms with van der Waals surface area (Å²) in [5, 5.41) is 3.36. The number of hydrogen-bond donors (Lipinski definition) is 1. The minimum atomic E-state index is -0.369. The van der Waals surface area contributed by atoms with E-state index in [9.17, 15) is 0 Å². The first kappa shape index (κ1) is 9.60. The Bertz CT molecular complexity index is 405. The highest BCUT2D eigenvalue weighted by atomic mass is 35.5. The molecule has 0 saturated carbocycles. The molecule has 1 unspecified atom stereocenters. The molecule has 1 aromatic rings. The molecular weight excluding hydrogens is 194 g/mol. The molecule has 0 aromatic heterocycles. The normalized spacial score (nSPS) is 25.7. The Morgan fingerprint density at radius 2 is 1.86 bits per heavy atom. The lowest BCUT2D eigenvalue weighted by Crippen LogP contribution is -2.24. The van der Waals surface area contributed by atoms with Crippen molar-refractivity contribution in [3.63, 3.8) is 0 Å². The monoisotopic (exact) mass is 207 g/mol. The van der Waals surface area contributed by atoms with E-state index in [4.69, 9.17) is 11.6 Å². The van der Waals surface area contributed by atoms with Crippen LogP contribution in [0.4, 0.5) is 5.69 Å². The molecule has 2 rings (SSSR count). The van der Waals surface area contributed by atoms with Gasteiger partial charge < -0.3 is 5.32 Å². The van der Waals surface area contributed by atoms with Crippen LogP contribution >= 0.6 is 11.6 Å². The summed E-state index contributed by atoms with van der Waals surface area (Å²) in [6, 6.07) is 8.18. The molecule has 0 fully saturated rings. The largest absolute Gasteiger partial charge is 0.359 e. The van der Waals surface area contributed by atoms with Gasteiger partial charge in [-0.15, -0.1) is 11.6 Å². The first-order valence-corrected chi connectivity index (χ1v) is 5.14. The number of nitrogens with one attached hydrogen (secondary N) is 1. The number of allylic oxidation sites excluding steroid dienone is 2. The zero-order valence-corrected chi connectivity index (χ0v) is 9.44. The third kappa shape index (κ3) is 1.24. The second-order valence-electron chi connectivity index (χ2n) is 3.92. The zero-order valence-electron chi connectivity index (χ0n) is 8.69. The van der Waals surface area contributed by atoms with Crippen LogP contribution in [0.25, 0.3) is 0 Å². The molecule has 2 heteroatoms. The summed E-state index contributed by atoms with van der Waals surface area (Å²) in [4.78, 5) is -0.369. The van der Waals surface area contributed by atoms with E-state index in [1.807, 2.05) is 19.1 Å². The maximum absolute atomic E-state index is 6.55. The van der Waals surface area contributed by atoms with Crippen molar-refractivity contribution in [3.8, 4) is 0 Å². The lowest BCUT2D eigenvalue weighted by molar-refractivity contribution is 0.772. The van der Waals surface area contributed by atoms with Crippen LogP contribution < -0.4 is 5.32 Å². The molecule has 74 valence electrons. The number of alkyl halides is 1. The van der Waals surface area contributed by atoms with E-state index in [0.717, 1.165) is 16.9 Å². The van der Waals surface area contributed by atoms with Crippen LogP contribution in [0, 0.1) is 0 Å². The summed E-state index contributed by atoms with van der Waals surface area (Å²) >= 11 is 6.55. The fourth-order valence-electron chi connectivity index (χ4n) is 1.85. The topological polar surface area (TPSA) is 12.0 Å². The van der Waals surface area contributed by atoms with Gasteiger partial charge in [-0.2, -0.15) is 0 Å². The standard InChI is InChI=1S/C12H14ClN/c1-8-9(2)14-11-7-5-4-6-10(11)12(8,3)13/h4-7,14H,1-3H3. The van der Waals surface area contributed by atoms with Gasteiger partial charge in [0.05, 0.1) is 4.87 Å². The van der Waals surface area contributed by atoms with E-state index in [-0.39, 0.29) is 4.87 Å². The van der Waals surface area contributed by atoms with Gasteiger partial charge in [0, 0.05) is 16.9 Å². The minimum absolute atomic E-state index is 0.369. The van der Waals surface area contributed by atoms with Gasteiger partial charge in [-0.3, -0.25) is 0 Å². The Labute approximate surface area is 89.8 Å². The Balaban J connectivity index is 2.64. The molecule has 0 bridgehead atoms. The van der Waals surface area contributed by atoms with Crippen LogP contribution in [0.15, 0.2) is 35.5 Å². The molecule has 1 N–H and O–H groups in total. The molecular formula is C12H14ClN. The van der Waals surface area contributed by atoms with Crippen LogP contribution in [-0.4, -0.2) is 0 Å². The fourth-order valence-corrected chi connectivity index (χ4v) is 2.16. The summed E-state index contributed by atoms with van der Waals surface area (Å²) < 4.78 is 0. The molecule has 0 amide bonds. The van der Waals surface area contributed by atoms with Crippen LogP contribution in [0.1, 0.15) is 26.3 Å². The summed E-state index contributed by atoms with van der Waals surface area (Å²) in [6.45, 7) is 6.18. The average molecular weight is 208 g/mol. The van der Waals surface area contributed by atoms with Gasteiger partial charge in [0.25, 0.3) is 0 Å². The van der Waals surface area contributed by atoms with Crippen LogP contribution in [0.5, 0.6) is 0 Å². The Hall–Kier alpha value is -0.950. The first-order valence-electron chi connectivity index (χ1n) is 4.77. The highest BCUT2D eigenvalue weighted by molar-refractivity contribution is 6.26. The summed E-state index contributed by atoms with van der Waals surface area (Å²) in [6.07, 6.45) is 0. The third-order valence-electron chi connectivity index (χ3n) is 3.02. The number of fused-ring (bicyclic) bond motifs is 1. The van der Waals surface area contributed by atoms with E-state index in [2.05, 4.69) is 31.3 Å². The molecule has 1 heterocycles. The number of halogens is 1. The Morgan fingerprint density at radius 3 is 2.57 bits per heavy atom. The van der Waals surface area contributed by atoms with Crippen LogP contribution in [-0.2, 0) is 4.87 Å². The average Bonchev–Trinajstić information content (AvgIpc) is 2.15. The molecule has 0 aliphatic carbocycles. The van der Waals surface area contributed by atoms with E-state index >= 15 is 0 Å². The molecule has 1 aliphatic rings. The molecule has 0 radical (unpaired) electrons. The van der Waals surface area contributed by atoms with Crippen molar-refractivity contribution in [2.45, 2.75) is 25.6 Å². The number of benzene rings is 1. The predicted molar refractivity (Wildman–Crippen MR) is 61.6 cm³/mol. The second-order valence-corrected chi connectivity index (χ2v) is 4.68. The maximum Gasteiger partial charge on any atom is 0.0912 e. The van der Waals surface area contributed by atoms with Crippen LogP contribution in [0.3, 0.4) is 0 Å². The molecule has 1 atom stereocenters. The number of hydrogen-bond acceptors (Lipinski definition) is 1. The highest BCUT2D eigenvalue weighted by Gasteiger charge is 2.32. The fraction of sp³-hybridized carbons (Fsp3) is 0.333. The van der Waals surface area contributed by atoms with Crippen molar-refractivity contribution in [1.29, 1.82) is 0 Å². The van der Waals surface area contributed by atoms with Crippen molar-refractivity contribution in [2.24, 2.45) is 0 Å². The Kier molecular flexibility index (Phi) is 2.07.